The summed E-state index contributed by atoms with van der Waals surface area (Å²) in [5.41, 5.74) is -2.93. The minimum Gasteiger partial charge on any atom is -0.472 e. The van der Waals surface area contributed by atoms with E-state index >= 15 is 0 Å². The number of carbonyl (C=O) groups excluding carboxylic acids is 4. The third kappa shape index (κ3) is 2.12. The van der Waals surface area contributed by atoms with Crippen molar-refractivity contribution < 1.29 is 42.5 Å². The molecule has 9 nitrogen and oxygen atoms in total. The van der Waals surface area contributed by atoms with Crippen LogP contribution in [-0.2, 0) is 38.1 Å². The van der Waals surface area contributed by atoms with Crippen LogP contribution in [0.3, 0.4) is 0 Å². The molecule has 6 heterocycles. The summed E-state index contributed by atoms with van der Waals surface area (Å²) in [5, 5.41) is 0. The van der Waals surface area contributed by atoms with Crippen molar-refractivity contribution in [1.82, 2.24) is 0 Å². The first-order chi connectivity index (χ1) is 14.8. The molecule has 5 aliphatic heterocycles. The Hall–Kier alpha value is -2.84. The highest BCUT2D eigenvalue weighted by molar-refractivity contribution is 5.94. The molecule has 8 rings (SSSR count). The van der Waals surface area contributed by atoms with Gasteiger partial charge in [-0.3, -0.25) is 14.4 Å². The molecule has 7 fully saturated rings. The Morgan fingerprint density at radius 2 is 2.06 bits per heavy atom. The van der Waals surface area contributed by atoms with Gasteiger partial charge in [-0.2, -0.15) is 0 Å². The van der Waals surface area contributed by atoms with Gasteiger partial charge in [0.1, 0.15) is 18.8 Å². The van der Waals surface area contributed by atoms with Gasteiger partial charge in [0.05, 0.1) is 29.3 Å². The van der Waals surface area contributed by atoms with E-state index in [4.69, 9.17) is 23.4 Å². The molecule has 0 aromatic carbocycles. The molecule has 9 heteroatoms. The second-order valence-corrected chi connectivity index (χ2v) is 9.48. The van der Waals surface area contributed by atoms with E-state index in [0.717, 1.165) is 0 Å². The van der Waals surface area contributed by atoms with Crippen LogP contribution in [0, 0.1) is 22.7 Å². The zero-order chi connectivity index (χ0) is 21.6. The Morgan fingerprint density at radius 3 is 2.81 bits per heavy atom. The van der Waals surface area contributed by atoms with Crippen LogP contribution in [0.4, 0.5) is 0 Å². The predicted octanol–water partition coefficient (Wildman–Crippen LogP) is 1.84. The first kappa shape index (κ1) is 18.9. The molecule has 5 saturated heterocycles. The lowest BCUT2D eigenvalue weighted by molar-refractivity contribution is -0.234. The molecule has 2 saturated carbocycles. The number of cyclic esters (lactones) is 1. The van der Waals surface area contributed by atoms with E-state index in [1.54, 1.807) is 6.07 Å². The molecule has 1 aromatic rings. The predicted molar refractivity (Wildman–Crippen MR) is 97.8 cm³/mol. The third-order valence-corrected chi connectivity index (χ3v) is 8.38. The van der Waals surface area contributed by atoms with E-state index in [2.05, 4.69) is 0 Å². The van der Waals surface area contributed by atoms with Gasteiger partial charge in [-0.05, 0) is 31.2 Å². The summed E-state index contributed by atoms with van der Waals surface area (Å²) in [4.78, 5) is 51.4. The zero-order valence-corrected chi connectivity index (χ0v) is 17.0. The summed E-state index contributed by atoms with van der Waals surface area (Å²) in [6.07, 6.45) is 3.44. The highest BCUT2D eigenvalue weighted by atomic mass is 16.6. The monoisotopic (exact) mass is 430 g/mol. The van der Waals surface area contributed by atoms with Crippen LogP contribution in [0.2, 0.25) is 0 Å². The quantitative estimate of drug-likeness (QED) is 0.521. The van der Waals surface area contributed by atoms with Crippen LogP contribution in [0.15, 0.2) is 23.0 Å². The Kier molecular flexibility index (Phi) is 3.59. The maximum absolute atomic E-state index is 13.2. The molecule has 7 atom stereocenters. The number of rotatable bonds is 4. The van der Waals surface area contributed by atoms with Gasteiger partial charge in [-0.1, -0.05) is 0 Å². The summed E-state index contributed by atoms with van der Waals surface area (Å²) >= 11 is 0. The molecular weight excluding hydrogens is 408 g/mol. The van der Waals surface area contributed by atoms with E-state index in [-0.39, 0.29) is 31.3 Å². The first-order valence-electron chi connectivity index (χ1n) is 10.6. The zero-order valence-electron chi connectivity index (χ0n) is 17.0. The lowest BCUT2D eigenvalue weighted by Gasteiger charge is -2.60. The van der Waals surface area contributed by atoms with Crippen molar-refractivity contribution >= 4 is 23.9 Å². The lowest BCUT2D eigenvalue weighted by Crippen LogP contribution is -2.68. The van der Waals surface area contributed by atoms with Gasteiger partial charge >= 0.3 is 23.9 Å². The summed E-state index contributed by atoms with van der Waals surface area (Å²) in [6, 6.07) is 1.69. The van der Waals surface area contributed by atoms with Gasteiger partial charge in [0.25, 0.3) is 0 Å². The average Bonchev–Trinajstić information content (AvgIpc) is 3.31. The molecule has 0 amide bonds. The van der Waals surface area contributed by atoms with Crippen LogP contribution in [0.1, 0.15) is 50.7 Å². The van der Waals surface area contributed by atoms with E-state index in [9.17, 15) is 19.2 Å². The van der Waals surface area contributed by atoms with Crippen LogP contribution in [0.5, 0.6) is 0 Å². The number of ether oxygens (including phenoxy) is 4. The fraction of sp³-hybridized carbons (Fsp3) is 0.636. The fourth-order valence-corrected chi connectivity index (χ4v) is 7.17. The van der Waals surface area contributed by atoms with Gasteiger partial charge in [0.15, 0.2) is 0 Å². The second kappa shape index (κ2) is 5.89. The molecule has 31 heavy (non-hydrogen) atoms. The van der Waals surface area contributed by atoms with Crippen LogP contribution in [0.25, 0.3) is 0 Å². The minimum atomic E-state index is -1.50. The van der Waals surface area contributed by atoms with Gasteiger partial charge in [0.2, 0.25) is 5.60 Å². The van der Waals surface area contributed by atoms with Gasteiger partial charge in [-0.25, -0.2) is 4.79 Å². The van der Waals surface area contributed by atoms with Crippen molar-refractivity contribution in [1.29, 1.82) is 0 Å². The largest absolute Gasteiger partial charge is 0.472 e. The first-order valence-corrected chi connectivity index (χ1v) is 10.6. The third-order valence-electron chi connectivity index (χ3n) is 8.38. The average molecular weight is 430 g/mol. The maximum atomic E-state index is 13.2. The topological polar surface area (TPSA) is 118 Å². The van der Waals surface area contributed by atoms with Crippen molar-refractivity contribution in [2.24, 2.45) is 22.7 Å². The Labute approximate surface area is 177 Å². The van der Waals surface area contributed by atoms with Gasteiger partial charge < -0.3 is 23.4 Å². The standard InChI is InChI=1S/C22H22O9/c1-11(23)29-15(12-2-5-27-9-12)8-20-10-28-19(26)22(20)4-3-21-14(17(24)31-22)6-13(7-16(20)21)30-18(21)25/h2,5,9,13-16H,3-4,6-8,10H2,1H3/t13-,14+,15-,16-,20+,21+,22+/m0/s1. The van der Waals surface area contributed by atoms with E-state index in [1.165, 1.54) is 19.5 Å². The number of carbonyl (C=O) groups is 4. The molecule has 1 aromatic heterocycles. The van der Waals surface area contributed by atoms with E-state index in [1.807, 2.05) is 0 Å². The molecule has 5 bridgehead atoms. The van der Waals surface area contributed by atoms with Gasteiger partial charge in [0, 0.05) is 25.3 Å². The molecule has 2 aliphatic carbocycles. The summed E-state index contributed by atoms with van der Waals surface area (Å²) in [5.74, 6) is -2.98. The highest BCUT2D eigenvalue weighted by Gasteiger charge is 2.82. The van der Waals surface area contributed by atoms with Crippen molar-refractivity contribution in [3.8, 4) is 0 Å². The van der Waals surface area contributed by atoms with Crippen molar-refractivity contribution in [2.75, 3.05) is 6.61 Å². The smallest absolute Gasteiger partial charge is 0.351 e. The lowest BCUT2D eigenvalue weighted by atomic mass is 9.42. The molecule has 0 N–H and O–H groups in total. The van der Waals surface area contributed by atoms with Crippen LogP contribution >= 0.6 is 0 Å². The number of hydrogen-bond acceptors (Lipinski definition) is 9. The second-order valence-electron chi connectivity index (χ2n) is 9.48. The molecule has 7 aliphatic rings. The molecule has 0 unspecified atom stereocenters. The van der Waals surface area contributed by atoms with Crippen molar-refractivity contribution in [3.05, 3.63) is 24.2 Å². The van der Waals surface area contributed by atoms with Crippen molar-refractivity contribution in [3.63, 3.8) is 0 Å². The molecular formula is C22H22O9. The number of furan rings is 1. The number of esters is 4. The maximum Gasteiger partial charge on any atom is 0.351 e. The summed E-state index contributed by atoms with van der Waals surface area (Å²) in [6.45, 7) is 1.30. The summed E-state index contributed by atoms with van der Waals surface area (Å²) in [7, 11) is 0. The minimum absolute atomic E-state index is 0.00609. The van der Waals surface area contributed by atoms with Crippen LogP contribution in [-0.4, -0.2) is 42.2 Å². The summed E-state index contributed by atoms with van der Waals surface area (Å²) < 4.78 is 28.0. The Balaban J connectivity index is 1.54. The Morgan fingerprint density at radius 1 is 1.23 bits per heavy atom. The van der Waals surface area contributed by atoms with Crippen LogP contribution < -0.4 is 0 Å². The van der Waals surface area contributed by atoms with Crippen molar-refractivity contribution in [2.45, 2.75) is 56.8 Å². The number of hydrogen-bond donors (Lipinski definition) is 0. The fourth-order valence-electron chi connectivity index (χ4n) is 7.17. The Bertz CT molecular complexity index is 999. The normalized spacial score (nSPS) is 42.9. The van der Waals surface area contributed by atoms with E-state index in [0.29, 0.717) is 24.8 Å². The SMILES string of the molecule is CC(=O)O[C@@H](C[C@]12COC(=O)[C@]13CC[C@@]14C(=O)O[C@@H](C[C@@H]1C(=O)O3)C[C@H]42)c1ccoc1. The number of fused-ring (bicyclic) bond motifs is 3. The highest BCUT2D eigenvalue weighted by Crippen LogP contribution is 2.72. The molecule has 164 valence electrons. The molecule has 2 spiro atoms. The molecule has 0 radical (unpaired) electrons. The van der Waals surface area contributed by atoms with E-state index < -0.39 is 52.5 Å². The van der Waals surface area contributed by atoms with Gasteiger partial charge in [-0.15, -0.1) is 0 Å².